The normalized spacial score (nSPS) is 19.5. The second kappa shape index (κ2) is 45.7. The van der Waals surface area contributed by atoms with E-state index >= 15 is 0 Å². The third-order valence-electron chi connectivity index (χ3n) is 12.5. The molecule has 1 aliphatic rings. The molecule has 4 N–H and O–H groups in total. The summed E-state index contributed by atoms with van der Waals surface area (Å²) in [6.07, 6.45) is 47.2. The average molecular weight is 921 g/mol. The van der Waals surface area contributed by atoms with E-state index in [4.69, 9.17) is 18.9 Å². The van der Waals surface area contributed by atoms with Crippen LogP contribution in [0.3, 0.4) is 0 Å². The number of unbranched alkanes of at least 4 members (excludes halogenated alkanes) is 29. The lowest BCUT2D eigenvalue weighted by molar-refractivity contribution is -0.305. The van der Waals surface area contributed by atoms with Gasteiger partial charge in [0.15, 0.2) is 12.4 Å². The fourth-order valence-corrected chi connectivity index (χ4v) is 8.21. The molecule has 0 radical (unpaired) electrons. The number of aliphatic hydroxyl groups is 4. The summed E-state index contributed by atoms with van der Waals surface area (Å²) >= 11 is 0. The number of aliphatic hydroxyl groups excluding tert-OH is 4. The van der Waals surface area contributed by atoms with Crippen molar-refractivity contribution in [3.63, 3.8) is 0 Å². The quantitative estimate of drug-likeness (QED) is 0.0264. The summed E-state index contributed by atoms with van der Waals surface area (Å²) in [4.78, 5) is 25.5. The van der Waals surface area contributed by atoms with Crippen LogP contribution in [0, 0.1) is 0 Å². The Labute approximate surface area is 397 Å². The molecule has 1 rings (SSSR count). The van der Waals surface area contributed by atoms with Gasteiger partial charge in [0, 0.05) is 12.8 Å². The van der Waals surface area contributed by atoms with Crippen molar-refractivity contribution < 1.29 is 49.0 Å². The van der Waals surface area contributed by atoms with Crippen molar-refractivity contribution in [2.45, 2.75) is 282 Å². The highest BCUT2D eigenvalue weighted by Gasteiger charge is 2.44. The molecule has 0 aliphatic carbocycles. The summed E-state index contributed by atoms with van der Waals surface area (Å²) in [5.74, 6) is -0.803. The predicted octanol–water partition coefficient (Wildman–Crippen LogP) is 13.0. The fraction of sp³-hybridized carbons (Fsp3) is 0.855. The number of hydrogen-bond donors (Lipinski definition) is 4. The van der Waals surface area contributed by atoms with Crippen LogP contribution in [0.5, 0.6) is 0 Å². The topological polar surface area (TPSA) is 152 Å². The van der Waals surface area contributed by atoms with Gasteiger partial charge in [-0.15, -0.1) is 0 Å². The van der Waals surface area contributed by atoms with E-state index in [0.29, 0.717) is 6.42 Å². The first-order chi connectivity index (χ1) is 31.8. The first-order valence-electron chi connectivity index (χ1n) is 27.1. The van der Waals surface area contributed by atoms with Gasteiger partial charge in [-0.05, 0) is 70.6 Å². The maximum absolute atomic E-state index is 12.8. The van der Waals surface area contributed by atoms with Crippen LogP contribution in [0.4, 0.5) is 0 Å². The van der Waals surface area contributed by atoms with Crippen molar-refractivity contribution in [2.75, 3.05) is 19.8 Å². The Bertz CT molecular complexity index is 1160. The third-order valence-corrected chi connectivity index (χ3v) is 12.5. The number of esters is 2. The largest absolute Gasteiger partial charge is 0.462 e. The fourth-order valence-electron chi connectivity index (χ4n) is 8.21. The zero-order chi connectivity index (χ0) is 47.3. The zero-order valence-corrected chi connectivity index (χ0v) is 41.7. The maximum Gasteiger partial charge on any atom is 0.306 e. The van der Waals surface area contributed by atoms with Gasteiger partial charge in [-0.3, -0.25) is 9.59 Å². The predicted molar refractivity (Wildman–Crippen MR) is 266 cm³/mol. The van der Waals surface area contributed by atoms with Gasteiger partial charge in [0.2, 0.25) is 0 Å². The number of hydrogen-bond acceptors (Lipinski definition) is 10. The summed E-state index contributed by atoms with van der Waals surface area (Å²) in [6, 6.07) is 0. The van der Waals surface area contributed by atoms with Gasteiger partial charge in [-0.25, -0.2) is 0 Å². The molecule has 10 nitrogen and oxygen atoms in total. The van der Waals surface area contributed by atoms with Crippen molar-refractivity contribution >= 4 is 11.9 Å². The van der Waals surface area contributed by atoms with Gasteiger partial charge in [-0.2, -0.15) is 0 Å². The number of carbonyl (C=O) groups is 2. The summed E-state index contributed by atoms with van der Waals surface area (Å²) in [6.45, 7) is 3.43. The molecule has 2 unspecified atom stereocenters. The van der Waals surface area contributed by atoms with Gasteiger partial charge < -0.3 is 39.4 Å². The van der Waals surface area contributed by atoms with Crippen LogP contribution in [0.25, 0.3) is 0 Å². The third kappa shape index (κ3) is 36.6. The maximum atomic E-state index is 12.8. The molecule has 0 bridgehead atoms. The number of rotatable bonds is 46. The molecule has 0 aromatic carbocycles. The van der Waals surface area contributed by atoms with E-state index in [1.54, 1.807) is 0 Å². The molecule has 0 aromatic heterocycles. The minimum Gasteiger partial charge on any atom is -0.462 e. The lowest BCUT2D eigenvalue weighted by atomic mass is 9.99. The first kappa shape index (κ1) is 60.9. The molecule has 65 heavy (non-hydrogen) atoms. The smallest absolute Gasteiger partial charge is 0.306 e. The molecular weight excluding hydrogens is 821 g/mol. The van der Waals surface area contributed by atoms with Crippen molar-refractivity contribution in [3.05, 3.63) is 36.5 Å². The molecule has 1 fully saturated rings. The van der Waals surface area contributed by atoms with Gasteiger partial charge in [-0.1, -0.05) is 198 Å². The van der Waals surface area contributed by atoms with Gasteiger partial charge in [0.05, 0.1) is 13.2 Å². The van der Waals surface area contributed by atoms with Crippen molar-refractivity contribution in [2.24, 2.45) is 0 Å². The van der Waals surface area contributed by atoms with E-state index in [2.05, 4.69) is 50.3 Å². The lowest BCUT2D eigenvalue weighted by Gasteiger charge is -2.39. The van der Waals surface area contributed by atoms with Crippen LogP contribution in [0.15, 0.2) is 36.5 Å². The Hall–Kier alpha value is -2.08. The molecule has 0 saturated carbocycles. The Morgan fingerprint density at radius 2 is 0.862 bits per heavy atom. The van der Waals surface area contributed by atoms with Gasteiger partial charge in [0.25, 0.3) is 0 Å². The molecular formula is C55H100O10. The summed E-state index contributed by atoms with van der Waals surface area (Å²) in [5.41, 5.74) is 0. The highest BCUT2D eigenvalue weighted by atomic mass is 16.7. The van der Waals surface area contributed by atoms with E-state index in [-0.39, 0.29) is 32.0 Å². The van der Waals surface area contributed by atoms with E-state index in [1.165, 1.54) is 161 Å². The summed E-state index contributed by atoms with van der Waals surface area (Å²) < 4.78 is 22.3. The van der Waals surface area contributed by atoms with E-state index in [0.717, 1.165) is 51.4 Å². The second-order valence-corrected chi connectivity index (χ2v) is 18.7. The highest BCUT2D eigenvalue weighted by Crippen LogP contribution is 2.23. The van der Waals surface area contributed by atoms with Gasteiger partial charge in [0.1, 0.15) is 31.0 Å². The molecule has 0 spiro atoms. The molecule has 1 saturated heterocycles. The first-order valence-corrected chi connectivity index (χ1v) is 27.1. The molecule has 10 heteroatoms. The minimum atomic E-state index is -1.60. The van der Waals surface area contributed by atoms with E-state index in [1.807, 2.05) is 0 Å². The zero-order valence-electron chi connectivity index (χ0n) is 41.7. The molecule has 0 amide bonds. The molecule has 380 valence electrons. The summed E-state index contributed by atoms with van der Waals surface area (Å²) in [5, 5.41) is 40.2. The number of carbonyl (C=O) groups excluding carboxylic acids is 2. The Morgan fingerprint density at radius 1 is 0.477 bits per heavy atom. The molecule has 1 aliphatic heterocycles. The second-order valence-electron chi connectivity index (χ2n) is 18.7. The van der Waals surface area contributed by atoms with Crippen LogP contribution in [-0.2, 0) is 28.5 Å². The molecule has 0 aromatic rings. The lowest BCUT2D eigenvalue weighted by Crippen LogP contribution is -2.59. The Kier molecular flexibility index (Phi) is 42.8. The molecule has 6 atom stereocenters. The standard InChI is InChI=1S/C55H100O10/c1-3-5-7-9-11-13-15-17-19-21-23-24-26-27-29-31-33-35-37-39-41-43-50(57)62-46-48(47-63-55-54(61)53(60)52(59)49(45-56)65-55)64-51(58)44-42-40-38-36-34-32-30-28-25-22-20-18-16-14-12-10-8-6-4-2/h12,14,17-20,48-49,52-56,59-61H,3-11,13,15-16,21-47H2,1-2H3/b14-12+,19-17+,20-18+/t48-,49-,52+,53?,54?,55-/m0/s1. The van der Waals surface area contributed by atoms with Gasteiger partial charge >= 0.3 is 11.9 Å². The van der Waals surface area contributed by atoms with Crippen molar-refractivity contribution in [1.82, 2.24) is 0 Å². The molecule has 1 heterocycles. The van der Waals surface area contributed by atoms with Crippen LogP contribution < -0.4 is 0 Å². The van der Waals surface area contributed by atoms with E-state index < -0.39 is 49.4 Å². The highest BCUT2D eigenvalue weighted by molar-refractivity contribution is 5.70. The number of ether oxygens (including phenoxy) is 4. The van der Waals surface area contributed by atoms with E-state index in [9.17, 15) is 30.0 Å². The van der Waals surface area contributed by atoms with Crippen LogP contribution in [0.2, 0.25) is 0 Å². The van der Waals surface area contributed by atoms with Crippen LogP contribution in [0.1, 0.15) is 245 Å². The summed E-state index contributed by atoms with van der Waals surface area (Å²) in [7, 11) is 0. The van der Waals surface area contributed by atoms with Crippen molar-refractivity contribution in [3.8, 4) is 0 Å². The average Bonchev–Trinajstić information content (AvgIpc) is 3.30. The Balaban J connectivity index is 2.23. The van der Waals surface area contributed by atoms with Crippen LogP contribution in [-0.4, -0.2) is 89.0 Å². The Morgan fingerprint density at radius 3 is 1.32 bits per heavy atom. The monoisotopic (exact) mass is 921 g/mol. The van der Waals surface area contributed by atoms with Crippen molar-refractivity contribution in [1.29, 1.82) is 0 Å². The minimum absolute atomic E-state index is 0.217. The SMILES string of the molecule is CCCCC/C=C/C/C=C/CCCCCCCCCCCC(=O)O[C@@H](COC(=O)CCCCCCCCCCCCC/C=C/CCCCCCCC)CO[C@H]1O[C@@H](CO)[C@@H](O)C(O)C1O. The van der Waals surface area contributed by atoms with Crippen LogP contribution >= 0.6 is 0 Å². The number of allylic oxidation sites excluding steroid dienone is 6.